The smallest absolute Gasteiger partial charge is 0.310 e. The summed E-state index contributed by atoms with van der Waals surface area (Å²) in [6.07, 6.45) is 1.61. The monoisotopic (exact) mass is 589 g/mol. The van der Waals surface area contributed by atoms with Gasteiger partial charge in [0.25, 0.3) is 0 Å². The van der Waals surface area contributed by atoms with E-state index in [0.717, 1.165) is 5.52 Å². The normalized spacial score (nSPS) is 30.7. The molecule has 2 bridgehead atoms. The van der Waals surface area contributed by atoms with Crippen molar-refractivity contribution in [1.29, 1.82) is 0 Å². The summed E-state index contributed by atoms with van der Waals surface area (Å²) in [5.74, 6) is -3.99. The summed E-state index contributed by atoms with van der Waals surface area (Å²) in [6.45, 7) is 7.59. The van der Waals surface area contributed by atoms with Crippen LogP contribution < -0.4 is 0 Å². The second kappa shape index (κ2) is 10.0. The van der Waals surface area contributed by atoms with Gasteiger partial charge in [-0.25, -0.2) is 4.68 Å². The first kappa shape index (κ1) is 26.8. The van der Waals surface area contributed by atoms with Gasteiger partial charge in [0.05, 0.1) is 36.1 Å². The van der Waals surface area contributed by atoms with Crippen molar-refractivity contribution in [1.82, 2.24) is 24.8 Å². The Kier molecular flexibility index (Phi) is 7.08. The third kappa shape index (κ3) is 4.04. The summed E-state index contributed by atoms with van der Waals surface area (Å²) in [7, 11) is 0. The Morgan fingerprint density at radius 3 is 2.76 bits per heavy atom. The molecule has 1 aromatic heterocycles. The minimum atomic E-state index is -1.33. The molecule has 0 saturated carbocycles. The molecule has 11 nitrogen and oxygen atoms in total. The molecule has 0 radical (unpaired) electrons. The van der Waals surface area contributed by atoms with Gasteiger partial charge in [-0.3, -0.25) is 14.4 Å². The summed E-state index contributed by atoms with van der Waals surface area (Å²) in [5.41, 5.74) is 0.0863. The largest absolute Gasteiger partial charge is 0.481 e. The average Bonchev–Trinajstić information content (AvgIpc) is 3.59. The zero-order valence-electron chi connectivity index (χ0n) is 21.3. The van der Waals surface area contributed by atoms with Crippen LogP contribution in [0.1, 0.15) is 26.7 Å². The zero-order chi connectivity index (χ0) is 27.4. The average molecular weight is 590 g/mol. The number of aliphatic carboxylic acids is 1. The number of hydrogen-bond acceptors (Lipinski definition) is 7. The SMILES string of the molecule is C=CCN(Cn1nnc2ccccc21)C(=O)[C@@H]1N([C@@H](CO)CC(C)C)C(=O)[C@H]2[C@H](C(=O)O)[C@H]3O[C@@]12CC3Br. The molecule has 7 atom stereocenters. The van der Waals surface area contributed by atoms with E-state index in [1.807, 2.05) is 38.1 Å². The fraction of sp³-hybridized carbons (Fsp3) is 0.577. The zero-order valence-corrected chi connectivity index (χ0v) is 22.9. The first-order valence-electron chi connectivity index (χ1n) is 12.8. The van der Waals surface area contributed by atoms with E-state index in [9.17, 15) is 24.6 Å². The molecule has 204 valence electrons. The molecule has 4 heterocycles. The number of hydrogen-bond donors (Lipinski definition) is 2. The third-order valence-corrected chi connectivity index (χ3v) is 8.82. The lowest BCUT2D eigenvalue weighted by molar-refractivity contribution is -0.154. The van der Waals surface area contributed by atoms with E-state index in [1.165, 1.54) is 9.80 Å². The van der Waals surface area contributed by atoms with Gasteiger partial charge in [0.2, 0.25) is 11.8 Å². The lowest BCUT2D eigenvalue weighted by Gasteiger charge is -2.39. The number of halogens is 1. The summed E-state index contributed by atoms with van der Waals surface area (Å²) < 4.78 is 7.96. The number of para-hydroxylation sites is 1. The van der Waals surface area contributed by atoms with Crippen molar-refractivity contribution in [3.8, 4) is 0 Å². The van der Waals surface area contributed by atoms with Crippen LogP contribution in [0.2, 0.25) is 0 Å². The van der Waals surface area contributed by atoms with E-state index in [1.54, 1.807) is 10.8 Å². The van der Waals surface area contributed by atoms with Gasteiger partial charge in [-0.05, 0) is 30.9 Å². The molecular weight excluding hydrogens is 558 g/mol. The lowest BCUT2D eigenvalue weighted by Crippen LogP contribution is -2.59. The number of amides is 2. The third-order valence-electron chi connectivity index (χ3n) is 7.98. The number of carbonyl (C=O) groups excluding carboxylic acids is 2. The van der Waals surface area contributed by atoms with Gasteiger partial charge in [-0.15, -0.1) is 11.7 Å². The van der Waals surface area contributed by atoms with Crippen molar-refractivity contribution in [2.75, 3.05) is 13.2 Å². The number of carboxylic acids is 1. The van der Waals surface area contributed by atoms with Crippen LogP contribution in [0.25, 0.3) is 11.0 Å². The quantitative estimate of drug-likeness (QED) is 0.315. The maximum absolute atomic E-state index is 14.5. The lowest BCUT2D eigenvalue weighted by atomic mass is 9.70. The van der Waals surface area contributed by atoms with Gasteiger partial charge in [0.1, 0.15) is 23.8 Å². The highest BCUT2D eigenvalue weighted by molar-refractivity contribution is 9.09. The Labute approximate surface area is 228 Å². The van der Waals surface area contributed by atoms with Crippen molar-refractivity contribution in [3.05, 3.63) is 36.9 Å². The van der Waals surface area contributed by atoms with E-state index < -0.39 is 53.4 Å². The summed E-state index contributed by atoms with van der Waals surface area (Å²) >= 11 is 3.56. The van der Waals surface area contributed by atoms with Crippen LogP contribution in [0.5, 0.6) is 0 Å². The number of aliphatic hydroxyl groups excluding tert-OH is 1. The van der Waals surface area contributed by atoms with E-state index in [0.29, 0.717) is 18.4 Å². The van der Waals surface area contributed by atoms with Crippen LogP contribution in [0.4, 0.5) is 0 Å². The van der Waals surface area contributed by atoms with Crippen molar-refractivity contribution in [2.45, 2.75) is 62.0 Å². The molecule has 0 aliphatic carbocycles. The van der Waals surface area contributed by atoms with Gasteiger partial charge in [-0.1, -0.05) is 53.2 Å². The highest BCUT2D eigenvalue weighted by Gasteiger charge is 2.77. The first-order valence-corrected chi connectivity index (χ1v) is 13.7. The summed E-state index contributed by atoms with van der Waals surface area (Å²) in [6, 6.07) is 5.60. The number of ether oxygens (including phenoxy) is 1. The fourth-order valence-corrected chi connectivity index (χ4v) is 7.51. The molecule has 38 heavy (non-hydrogen) atoms. The predicted molar refractivity (Wildman–Crippen MR) is 140 cm³/mol. The van der Waals surface area contributed by atoms with Crippen LogP contribution in [0, 0.1) is 17.8 Å². The molecule has 1 spiro atoms. The molecule has 3 fully saturated rings. The Bertz CT molecular complexity index is 1270. The molecule has 1 aromatic carbocycles. The van der Waals surface area contributed by atoms with Crippen molar-refractivity contribution < 1.29 is 29.3 Å². The van der Waals surface area contributed by atoms with Crippen LogP contribution in [-0.4, -0.2) is 94.6 Å². The minimum Gasteiger partial charge on any atom is -0.481 e. The van der Waals surface area contributed by atoms with Gasteiger partial charge in [0.15, 0.2) is 0 Å². The number of fused-ring (bicyclic) bond motifs is 2. The molecule has 1 unspecified atom stereocenters. The molecule has 2 aromatic rings. The second-order valence-corrected chi connectivity index (χ2v) is 12.0. The Morgan fingerprint density at radius 2 is 2.11 bits per heavy atom. The molecule has 2 amide bonds. The van der Waals surface area contributed by atoms with Crippen LogP contribution >= 0.6 is 15.9 Å². The number of aliphatic hydroxyl groups is 1. The predicted octanol–water partition coefficient (Wildman–Crippen LogP) is 1.64. The van der Waals surface area contributed by atoms with Crippen LogP contribution in [-0.2, 0) is 25.8 Å². The number of carbonyl (C=O) groups is 3. The number of nitrogens with zero attached hydrogens (tertiary/aromatic N) is 5. The summed E-state index contributed by atoms with van der Waals surface area (Å²) in [5, 5.41) is 28.8. The maximum Gasteiger partial charge on any atom is 0.310 e. The molecule has 3 saturated heterocycles. The molecule has 3 aliphatic heterocycles. The van der Waals surface area contributed by atoms with Crippen LogP contribution in [0.15, 0.2) is 36.9 Å². The number of carboxylic acid groups (broad SMARTS) is 1. The number of alkyl halides is 1. The van der Waals surface area contributed by atoms with Crippen LogP contribution in [0.3, 0.4) is 0 Å². The van der Waals surface area contributed by atoms with Gasteiger partial charge < -0.3 is 24.7 Å². The second-order valence-electron chi connectivity index (χ2n) is 10.8. The highest BCUT2D eigenvalue weighted by atomic mass is 79.9. The molecule has 5 rings (SSSR count). The van der Waals surface area contributed by atoms with Gasteiger partial charge >= 0.3 is 5.97 Å². The molecule has 3 aliphatic rings. The molecular formula is C26H32BrN5O6. The number of likely N-dealkylation sites (tertiary alicyclic amines) is 1. The van der Waals surface area contributed by atoms with E-state index >= 15 is 0 Å². The Hall–Kier alpha value is -2.83. The Balaban J connectivity index is 1.58. The topological polar surface area (TPSA) is 138 Å². The standard InChI is InChI=1S/C26H32BrN5O6/c1-4-9-30(13-31-18-8-6-5-7-17(18)28-29-31)24(35)22-26-11-16(27)21(38-26)19(25(36)37)20(26)23(34)32(22)15(12-33)10-14(2)3/h4-8,14-16,19-22,33H,1,9-13H2,2-3H3,(H,36,37)/t15-,16?,19+,20-,21+,22+,26-/m1/s1. The summed E-state index contributed by atoms with van der Waals surface area (Å²) in [4.78, 5) is 43.4. The van der Waals surface area contributed by atoms with Crippen molar-refractivity contribution in [3.63, 3.8) is 0 Å². The number of rotatable bonds is 10. The van der Waals surface area contributed by atoms with Gasteiger partial charge in [0, 0.05) is 11.4 Å². The molecule has 12 heteroatoms. The molecule has 2 N–H and O–H groups in total. The maximum atomic E-state index is 14.5. The first-order chi connectivity index (χ1) is 18.1. The van der Waals surface area contributed by atoms with E-state index in [4.69, 9.17) is 4.74 Å². The number of aromatic nitrogens is 3. The number of benzene rings is 1. The fourth-order valence-electron chi connectivity index (χ4n) is 6.57. The highest BCUT2D eigenvalue weighted by Crippen LogP contribution is 2.60. The Morgan fingerprint density at radius 1 is 1.37 bits per heavy atom. The van der Waals surface area contributed by atoms with E-state index in [2.05, 4.69) is 32.8 Å². The van der Waals surface area contributed by atoms with Crippen molar-refractivity contribution in [2.24, 2.45) is 17.8 Å². The minimum absolute atomic E-state index is 0.0438. The van der Waals surface area contributed by atoms with Gasteiger partial charge in [-0.2, -0.15) is 0 Å². The van der Waals surface area contributed by atoms with Crippen molar-refractivity contribution >= 4 is 44.7 Å². The van der Waals surface area contributed by atoms with E-state index in [-0.39, 0.29) is 30.6 Å².